The van der Waals surface area contributed by atoms with E-state index in [1.807, 2.05) is 0 Å². The Morgan fingerprint density at radius 2 is 2.14 bits per heavy atom. The van der Waals surface area contributed by atoms with Gasteiger partial charge in [-0.05, 0) is 6.08 Å². The van der Waals surface area contributed by atoms with Gasteiger partial charge < -0.3 is 21.5 Å². The van der Waals surface area contributed by atoms with E-state index in [9.17, 15) is 18.3 Å². The number of hydrogen-bond donors (Lipinski definition) is 4. The van der Waals surface area contributed by atoms with Crippen LogP contribution in [0.15, 0.2) is 23.1 Å². The normalized spacial score (nSPS) is 30.8. The third-order valence-corrected chi connectivity index (χ3v) is 5.90. The first-order valence-electron chi connectivity index (χ1n) is 6.33. The molecule has 2 unspecified atom stereocenters. The first-order chi connectivity index (χ1) is 9.76. The number of allylic oxidation sites excluding steroid dienone is 2. The molecule has 0 aromatic rings. The molecular weight excluding hydrogens is 320 g/mol. The summed E-state index contributed by atoms with van der Waals surface area (Å²) in [5, 5.41) is 13.3. The molecule has 118 valence electrons. The summed E-state index contributed by atoms with van der Waals surface area (Å²) >= 11 is 6.00. The molecule has 0 bridgehead atoms. The number of piperazine rings is 1. The Hall–Kier alpha value is -1.13. The summed E-state index contributed by atoms with van der Waals surface area (Å²) in [6, 6.07) is -2.04. The predicted octanol–water partition coefficient (Wildman–Crippen LogP) is -1.36. The molecule has 1 fully saturated rings. The average Bonchev–Trinajstić information content (AvgIpc) is 2.41. The Morgan fingerprint density at radius 1 is 1.52 bits per heavy atom. The second-order valence-electron chi connectivity index (χ2n) is 4.73. The first kappa shape index (κ1) is 16.2. The van der Waals surface area contributed by atoms with Gasteiger partial charge in [-0.2, -0.15) is 4.31 Å². The zero-order valence-electron chi connectivity index (χ0n) is 11.1. The lowest BCUT2D eigenvalue weighted by atomic mass is 10.1. The largest absolute Gasteiger partial charge is 0.368 e. The number of primary amides is 1. The number of nitrogens with one attached hydrogen (secondary N) is 2. The van der Waals surface area contributed by atoms with Crippen LogP contribution in [0.2, 0.25) is 0 Å². The Kier molecular flexibility index (Phi) is 4.59. The second-order valence-corrected chi connectivity index (χ2v) is 7.21. The van der Waals surface area contributed by atoms with Crippen LogP contribution >= 0.6 is 11.6 Å². The van der Waals surface area contributed by atoms with Crippen molar-refractivity contribution in [3.8, 4) is 0 Å². The monoisotopic (exact) mass is 336 g/mol. The van der Waals surface area contributed by atoms with Crippen molar-refractivity contribution in [2.24, 2.45) is 5.73 Å². The minimum Gasteiger partial charge on any atom is -0.368 e. The molecule has 21 heavy (non-hydrogen) atoms. The zero-order chi connectivity index (χ0) is 15.7. The fourth-order valence-electron chi connectivity index (χ4n) is 2.24. The van der Waals surface area contributed by atoms with Crippen LogP contribution in [0.5, 0.6) is 0 Å². The van der Waals surface area contributed by atoms with E-state index in [0.717, 1.165) is 0 Å². The van der Waals surface area contributed by atoms with Gasteiger partial charge >= 0.3 is 6.03 Å². The molecule has 0 radical (unpaired) electrons. The van der Waals surface area contributed by atoms with Gasteiger partial charge in [-0.3, -0.25) is 0 Å². The first-order valence-corrected chi connectivity index (χ1v) is 8.15. The van der Waals surface area contributed by atoms with Crippen LogP contribution in [0.4, 0.5) is 4.79 Å². The summed E-state index contributed by atoms with van der Waals surface area (Å²) in [5.41, 5.74) is 5.00. The SMILES string of the molecule is NC(=O)NC1C=CC=C(S(=O)(=O)N2CCNCC2)C1(O)Cl. The molecule has 2 rings (SSSR count). The van der Waals surface area contributed by atoms with Gasteiger partial charge in [-0.1, -0.05) is 23.8 Å². The molecule has 2 atom stereocenters. The van der Waals surface area contributed by atoms with Crippen LogP contribution < -0.4 is 16.4 Å². The molecule has 10 heteroatoms. The van der Waals surface area contributed by atoms with Crippen molar-refractivity contribution in [3.05, 3.63) is 23.1 Å². The maximum atomic E-state index is 12.6. The Bertz CT molecular complexity index is 581. The molecule has 1 aliphatic heterocycles. The minimum atomic E-state index is -3.93. The highest BCUT2D eigenvalue weighted by Gasteiger charge is 2.47. The summed E-state index contributed by atoms with van der Waals surface area (Å²) < 4.78 is 26.4. The van der Waals surface area contributed by atoms with Gasteiger partial charge in [0.25, 0.3) is 0 Å². The number of amides is 2. The lowest BCUT2D eigenvalue weighted by Crippen LogP contribution is -2.55. The van der Waals surface area contributed by atoms with Gasteiger partial charge in [-0.15, -0.1) is 0 Å². The maximum Gasteiger partial charge on any atom is 0.312 e. The number of carbonyl (C=O) groups is 1. The van der Waals surface area contributed by atoms with Crippen LogP contribution in [-0.2, 0) is 10.0 Å². The third-order valence-electron chi connectivity index (χ3n) is 3.30. The fraction of sp³-hybridized carbons (Fsp3) is 0.545. The van der Waals surface area contributed by atoms with Gasteiger partial charge in [0.1, 0.15) is 4.91 Å². The summed E-state index contributed by atoms with van der Waals surface area (Å²) in [6.07, 6.45) is 4.00. The van der Waals surface area contributed by atoms with Crippen LogP contribution in [0.3, 0.4) is 0 Å². The van der Waals surface area contributed by atoms with Crippen molar-refractivity contribution in [1.82, 2.24) is 14.9 Å². The van der Waals surface area contributed by atoms with Crippen molar-refractivity contribution >= 4 is 27.7 Å². The Morgan fingerprint density at radius 3 is 2.71 bits per heavy atom. The van der Waals surface area contributed by atoms with E-state index >= 15 is 0 Å². The Balaban J connectivity index is 2.31. The molecule has 1 heterocycles. The van der Waals surface area contributed by atoms with E-state index in [-0.39, 0.29) is 18.0 Å². The fourth-order valence-corrected chi connectivity index (χ4v) is 4.40. The summed E-state index contributed by atoms with van der Waals surface area (Å²) in [6.45, 7) is 1.60. The summed E-state index contributed by atoms with van der Waals surface area (Å²) in [4.78, 5) is 10.6. The molecule has 2 aliphatic rings. The molecule has 5 N–H and O–H groups in total. The van der Waals surface area contributed by atoms with Gasteiger partial charge in [0.05, 0.1) is 6.04 Å². The lowest BCUT2D eigenvalue weighted by molar-refractivity contribution is 0.143. The lowest BCUT2D eigenvalue weighted by Gasteiger charge is -2.36. The molecule has 0 aromatic carbocycles. The number of nitrogens with two attached hydrogens (primary N) is 1. The second kappa shape index (κ2) is 5.93. The average molecular weight is 337 g/mol. The van der Waals surface area contributed by atoms with Gasteiger partial charge in [0, 0.05) is 26.2 Å². The smallest absolute Gasteiger partial charge is 0.312 e. The predicted molar refractivity (Wildman–Crippen MR) is 77.9 cm³/mol. The molecule has 1 aliphatic carbocycles. The molecule has 8 nitrogen and oxygen atoms in total. The molecule has 0 saturated carbocycles. The molecular formula is C11H17ClN4O4S. The van der Waals surface area contributed by atoms with Crippen molar-refractivity contribution in [1.29, 1.82) is 0 Å². The highest BCUT2D eigenvalue weighted by Crippen LogP contribution is 2.35. The number of nitrogens with zero attached hydrogens (tertiary/aromatic N) is 1. The van der Waals surface area contributed by atoms with Crippen LogP contribution in [0, 0.1) is 0 Å². The number of hydrogen-bond acceptors (Lipinski definition) is 5. The number of urea groups is 1. The van der Waals surface area contributed by atoms with Crippen LogP contribution in [0.1, 0.15) is 0 Å². The third kappa shape index (κ3) is 3.22. The van der Waals surface area contributed by atoms with Crippen LogP contribution in [-0.4, -0.2) is 61.1 Å². The van der Waals surface area contributed by atoms with E-state index < -0.39 is 27.2 Å². The van der Waals surface area contributed by atoms with Crippen LogP contribution in [0.25, 0.3) is 0 Å². The van der Waals surface area contributed by atoms with E-state index in [0.29, 0.717) is 13.1 Å². The van der Waals surface area contributed by atoms with Gasteiger partial charge in [0.2, 0.25) is 15.1 Å². The molecule has 1 saturated heterocycles. The number of sulfonamides is 1. The number of halogens is 1. The topological polar surface area (TPSA) is 125 Å². The number of alkyl halides is 1. The molecule has 0 aromatic heterocycles. The molecule has 0 spiro atoms. The standard InChI is InChI=1S/C11H17ClN4O4S/c12-11(18)8(15-10(13)17)2-1-3-9(11)21(19,20)16-6-4-14-5-7-16/h1-3,8,14,18H,4-7H2,(H3,13,15,17). The summed E-state index contributed by atoms with van der Waals surface area (Å²) in [7, 11) is -3.93. The number of rotatable bonds is 3. The van der Waals surface area contributed by atoms with Gasteiger partial charge in [-0.25, -0.2) is 13.2 Å². The summed E-state index contributed by atoms with van der Waals surface area (Å²) in [5.74, 6) is 0. The number of carbonyl (C=O) groups excluding carboxylic acids is 1. The molecule has 2 amide bonds. The quantitative estimate of drug-likeness (QED) is 0.474. The maximum absolute atomic E-state index is 12.6. The van der Waals surface area contributed by atoms with E-state index in [1.54, 1.807) is 0 Å². The van der Waals surface area contributed by atoms with E-state index in [2.05, 4.69) is 10.6 Å². The van der Waals surface area contributed by atoms with Crippen molar-refractivity contribution in [2.75, 3.05) is 26.2 Å². The minimum absolute atomic E-state index is 0.282. The highest BCUT2D eigenvalue weighted by molar-refractivity contribution is 7.93. The van der Waals surface area contributed by atoms with Gasteiger partial charge in [0.15, 0.2) is 0 Å². The highest BCUT2D eigenvalue weighted by atomic mass is 35.5. The zero-order valence-corrected chi connectivity index (χ0v) is 12.7. The van der Waals surface area contributed by atoms with E-state index in [4.69, 9.17) is 17.3 Å². The Labute approximate surface area is 127 Å². The van der Waals surface area contributed by atoms with Crippen molar-refractivity contribution in [2.45, 2.75) is 11.1 Å². The van der Waals surface area contributed by atoms with E-state index in [1.165, 1.54) is 22.5 Å². The van der Waals surface area contributed by atoms with Crippen molar-refractivity contribution in [3.63, 3.8) is 0 Å². The number of aliphatic hydroxyl groups is 1. The van der Waals surface area contributed by atoms with Crippen molar-refractivity contribution < 1.29 is 18.3 Å².